The number of hydrogen-bond acceptors (Lipinski definition) is 8. The highest BCUT2D eigenvalue weighted by Crippen LogP contribution is 2.41. The molecule has 4 N–H and O–H groups in total. The number of aromatic nitrogens is 3. The number of carbonyl (C=O) groups is 1. The molecule has 3 aromatic rings. The predicted molar refractivity (Wildman–Crippen MR) is 131 cm³/mol. The van der Waals surface area contributed by atoms with Gasteiger partial charge >= 0.3 is 0 Å². The highest BCUT2D eigenvalue weighted by atomic mass is 32.2. The maximum absolute atomic E-state index is 13.3. The largest absolute Gasteiger partial charge is 0.381 e. The van der Waals surface area contributed by atoms with Crippen LogP contribution in [0.25, 0.3) is 16.9 Å². The number of nitrogens with zero attached hydrogens (tertiary/aromatic N) is 4. The SMILES string of the molecule is CC1NNCC1c1cn2c(-c3cc4c(c(S(C)(=O)=O)c3)C(=O)N([C@@H](C)C3CC3)C4)cnc2c(N)n1. The molecule has 1 aromatic carbocycles. The van der Waals surface area contributed by atoms with Gasteiger partial charge in [0.25, 0.3) is 5.91 Å². The standard InChI is InChI=1S/C24H29N7O3S/c1-12-17(8-27-29-12)18-11-31-19(9-26-23(31)22(25)28-18)15-6-16-10-30(13(2)14-4-5-14)24(32)21(16)20(7-15)35(3,33)34/h6-7,9,11-14,17,27,29H,4-5,8,10H2,1-3H3,(H2,25,28)/t12?,13-,17?/m0/s1. The van der Waals surface area contributed by atoms with Crippen molar-refractivity contribution in [2.75, 3.05) is 18.5 Å². The number of amides is 1. The first-order valence-electron chi connectivity index (χ1n) is 11.9. The van der Waals surface area contributed by atoms with Crippen LogP contribution >= 0.6 is 0 Å². The van der Waals surface area contributed by atoms with Crippen molar-refractivity contribution < 1.29 is 13.2 Å². The number of benzene rings is 1. The van der Waals surface area contributed by atoms with Crippen molar-refractivity contribution in [2.24, 2.45) is 5.92 Å². The van der Waals surface area contributed by atoms with E-state index in [0.29, 0.717) is 40.7 Å². The van der Waals surface area contributed by atoms with Crippen molar-refractivity contribution in [3.63, 3.8) is 0 Å². The number of hydrogen-bond donors (Lipinski definition) is 3. The van der Waals surface area contributed by atoms with Gasteiger partial charge in [0, 0.05) is 49.1 Å². The molecule has 0 radical (unpaired) electrons. The lowest BCUT2D eigenvalue weighted by atomic mass is 10.00. The van der Waals surface area contributed by atoms with Gasteiger partial charge in [-0.25, -0.2) is 18.4 Å². The minimum absolute atomic E-state index is 0.0653. The Morgan fingerprint density at radius 1 is 1.26 bits per heavy atom. The van der Waals surface area contributed by atoms with Gasteiger partial charge in [-0.05, 0) is 50.3 Å². The number of hydrazine groups is 1. The van der Waals surface area contributed by atoms with E-state index in [1.54, 1.807) is 12.3 Å². The number of nitrogens with two attached hydrogens (primary N) is 1. The highest BCUT2D eigenvalue weighted by Gasteiger charge is 2.41. The minimum atomic E-state index is -3.65. The van der Waals surface area contributed by atoms with Gasteiger partial charge in [-0.1, -0.05) is 0 Å². The Hall–Kier alpha value is -3.02. The zero-order valence-electron chi connectivity index (χ0n) is 19.9. The molecule has 11 heteroatoms. The molecular formula is C24H29N7O3S. The van der Waals surface area contributed by atoms with Crippen LogP contribution in [0.15, 0.2) is 29.4 Å². The first-order chi connectivity index (χ1) is 16.6. The number of carbonyl (C=O) groups excluding carboxylic acids is 1. The number of rotatable bonds is 5. The Balaban J connectivity index is 1.50. The lowest BCUT2D eigenvalue weighted by Gasteiger charge is -2.24. The number of sulfone groups is 1. The van der Waals surface area contributed by atoms with Crippen molar-refractivity contribution in [3.8, 4) is 11.3 Å². The minimum Gasteiger partial charge on any atom is -0.381 e. The summed E-state index contributed by atoms with van der Waals surface area (Å²) >= 11 is 0. The molecule has 2 fully saturated rings. The maximum Gasteiger partial charge on any atom is 0.256 e. The van der Waals surface area contributed by atoms with Gasteiger partial charge in [0.15, 0.2) is 21.3 Å². The molecule has 3 aliphatic rings. The second-order valence-corrected chi connectivity index (χ2v) is 12.1. The first-order valence-corrected chi connectivity index (χ1v) is 13.8. The number of anilines is 1. The van der Waals surface area contributed by atoms with E-state index in [0.717, 1.165) is 36.9 Å². The van der Waals surface area contributed by atoms with Crippen molar-refractivity contribution >= 4 is 27.2 Å². The van der Waals surface area contributed by atoms with Crippen molar-refractivity contribution in [3.05, 3.63) is 41.3 Å². The van der Waals surface area contributed by atoms with Gasteiger partial charge in [0.05, 0.1) is 28.0 Å². The van der Waals surface area contributed by atoms with Crippen LogP contribution in [0.1, 0.15) is 54.2 Å². The third kappa shape index (κ3) is 3.60. The summed E-state index contributed by atoms with van der Waals surface area (Å²) in [5, 5.41) is 0. The molecule has 1 saturated heterocycles. The summed E-state index contributed by atoms with van der Waals surface area (Å²) in [7, 11) is -3.65. The lowest BCUT2D eigenvalue weighted by Crippen LogP contribution is -2.35. The summed E-state index contributed by atoms with van der Waals surface area (Å²) < 4.78 is 27.5. The monoisotopic (exact) mass is 495 g/mol. The number of fused-ring (bicyclic) bond motifs is 2. The van der Waals surface area contributed by atoms with E-state index in [-0.39, 0.29) is 28.8 Å². The smallest absolute Gasteiger partial charge is 0.256 e. The van der Waals surface area contributed by atoms with Crippen LogP contribution in [-0.2, 0) is 16.4 Å². The molecule has 6 rings (SSSR count). The van der Waals surface area contributed by atoms with Crippen LogP contribution in [0, 0.1) is 5.92 Å². The summed E-state index contributed by atoms with van der Waals surface area (Å²) in [5.74, 6) is 0.732. The fourth-order valence-electron chi connectivity index (χ4n) is 5.43. The second kappa shape index (κ2) is 7.74. The molecular weight excluding hydrogens is 466 g/mol. The molecule has 2 aromatic heterocycles. The average molecular weight is 496 g/mol. The average Bonchev–Trinajstić information content (AvgIpc) is 3.28. The van der Waals surface area contributed by atoms with Crippen LogP contribution in [0.5, 0.6) is 0 Å². The van der Waals surface area contributed by atoms with E-state index in [1.807, 2.05) is 21.6 Å². The Bertz CT molecular complexity index is 1480. The summed E-state index contributed by atoms with van der Waals surface area (Å²) in [6, 6.07) is 3.78. The van der Waals surface area contributed by atoms with Gasteiger partial charge in [-0.3, -0.25) is 20.0 Å². The highest BCUT2D eigenvalue weighted by molar-refractivity contribution is 7.90. The normalized spacial score (nSPS) is 23.3. The molecule has 10 nitrogen and oxygen atoms in total. The molecule has 1 amide bonds. The first kappa shape index (κ1) is 22.4. The van der Waals surface area contributed by atoms with E-state index >= 15 is 0 Å². The summed E-state index contributed by atoms with van der Waals surface area (Å²) in [5.41, 5.74) is 16.4. The van der Waals surface area contributed by atoms with Gasteiger partial charge < -0.3 is 10.6 Å². The van der Waals surface area contributed by atoms with Crippen LogP contribution in [0.2, 0.25) is 0 Å². The van der Waals surface area contributed by atoms with Crippen LogP contribution in [-0.4, -0.2) is 58.5 Å². The fourth-order valence-corrected chi connectivity index (χ4v) is 6.36. The van der Waals surface area contributed by atoms with E-state index in [4.69, 9.17) is 5.73 Å². The molecule has 1 saturated carbocycles. The molecule has 3 atom stereocenters. The van der Waals surface area contributed by atoms with Crippen LogP contribution < -0.4 is 16.6 Å². The maximum atomic E-state index is 13.3. The number of nitrogen functional groups attached to an aromatic ring is 1. The van der Waals surface area contributed by atoms with Crippen molar-refractivity contribution in [2.45, 2.75) is 56.1 Å². The zero-order chi connectivity index (χ0) is 24.6. The molecule has 0 bridgehead atoms. The molecule has 2 unspecified atom stereocenters. The van der Waals surface area contributed by atoms with Crippen LogP contribution in [0.4, 0.5) is 5.82 Å². The lowest BCUT2D eigenvalue weighted by molar-refractivity contribution is 0.0694. The van der Waals surface area contributed by atoms with Gasteiger partial charge in [0.2, 0.25) is 0 Å². The van der Waals surface area contributed by atoms with Gasteiger partial charge in [0.1, 0.15) is 0 Å². The molecule has 2 aliphatic heterocycles. The predicted octanol–water partition coefficient (Wildman–Crippen LogP) is 1.72. The molecule has 0 spiro atoms. The Morgan fingerprint density at radius 3 is 2.69 bits per heavy atom. The van der Waals surface area contributed by atoms with Crippen molar-refractivity contribution in [1.29, 1.82) is 0 Å². The summed E-state index contributed by atoms with van der Waals surface area (Å²) in [6.07, 6.45) is 6.97. The Labute approximate surface area is 203 Å². The number of imidazole rings is 1. The molecule has 35 heavy (non-hydrogen) atoms. The zero-order valence-corrected chi connectivity index (χ0v) is 20.8. The topological polar surface area (TPSA) is 135 Å². The number of nitrogens with one attached hydrogen (secondary N) is 2. The third-order valence-electron chi connectivity index (χ3n) is 7.66. The summed E-state index contributed by atoms with van der Waals surface area (Å²) in [4.78, 5) is 24.3. The molecule has 184 valence electrons. The van der Waals surface area contributed by atoms with Gasteiger partial charge in [-0.2, -0.15) is 0 Å². The van der Waals surface area contributed by atoms with E-state index in [9.17, 15) is 13.2 Å². The van der Waals surface area contributed by atoms with E-state index < -0.39 is 9.84 Å². The quantitative estimate of drug-likeness (QED) is 0.487. The van der Waals surface area contributed by atoms with Crippen LogP contribution in [0.3, 0.4) is 0 Å². The van der Waals surface area contributed by atoms with E-state index in [2.05, 4.69) is 34.7 Å². The van der Waals surface area contributed by atoms with Crippen molar-refractivity contribution in [1.82, 2.24) is 30.1 Å². The fraction of sp³-hybridized carbons (Fsp3) is 0.458. The summed E-state index contributed by atoms with van der Waals surface area (Å²) in [6.45, 7) is 5.26. The Kier molecular flexibility index (Phi) is 4.96. The molecule has 4 heterocycles. The van der Waals surface area contributed by atoms with Gasteiger partial charge in [-0.15, -0.1) is 0 Å². The van der Waals surface area contributed by atoms with E-state index in [1.165, 1.54) is 0 Å². The Morgan fingerprint density at radius 2 is 2.03 bits per heavy atom. The third-order valence-corrected chi connectivity index (χ3v) is 8.78. The molecule has 1 aliphatic carbocycles. The second-order valence-electron chi connectivity index (χ2n) is 10.1.